The molecule has 0 saturated carbocycles. The normalized spacial score (nSPS) is 12.3. The van der Waals surface area contributed by atoms with E-state index in [-0.39, 0.29) is 11.9 Å². The number of anilines is 1. The molecule has 1 atom stereocenters. The highest BCUT2D eigenvalue weighted by molar-refractivity contribution is 5.92. The van der Waals surface area contributed by atoms with Crippen LogP contribution in [0.2, 0.25) is 0 Å². The van der Waals surface area contributed by atoms with Gasteiger partial charge in [0.1, 0.15) is 11.5 Å². The number of nitrogens with zero attached hydrogens (tertiary/aromatic N) is 3. The van der Waals surface area contributed by atoms with Crippen molar-refractivity contribution >= 4 is 11.7 Å². The van der Waals surface area contributed by atoms with Crippen LogP contribution in [0, 0.1) is 5.92 Å². The average Bonchev–Trinajstić information content (AvgIpc) is 2.43. The fraction of sp³-hybridized carbons (Fsp3) is 0.643. The zero-order valence-corrected chi connectivity index (χ0v) is 12.5. The molecule has 0 fully saturated rings. The molecule has 0 aliphatic heterocycles. The number of aromatic nitrogens is 2. The average molecular weight is 264 g/mol. The molecule has 0 radical (unpaired) electrons. The van der Waals surface area contributed by atoms with Gasteiger partial charge in [-0.3, -0.25) is 4.79 Å². The molecule has 5 heteroatoms. The third-order valence-electron chi connectivity index (χ3n) is 3.32. The zero-order valence-electron chi connectivity index (χ0n) is 12.5. The van der Waals surface area contributed by atoms with Crippen molar-refractivity contribution in [3.05, 3.63) is 18.1 Å². The Morgan fingerprint density at radius 3 is 2.47 bits per heavy atom. The molecule has 0 aliphatic carbocycles. The molecule has 0 spiro atoms. The number of amides is 1. The molecule has 0 bridgehead atoms. The molecule has 1 heterocycles. The highest BCUT2D eigenvalue weighted by atomic mass is 16.2. The maximum Gasteiger partial charge on any atom is 0.274 e. The molecule has 0 saturated heterocycles. The van der Waals surface area contributed by atoms with Crippen LogP contribution >= 0.6 is 0 Å². The van der Waals surface area contributed by atoms with Gasteiger partial charge < -0.3 is 10.2 Å². The first-order valence-corrected chi connectivity index (χ1v) is 6.80. The van der Waals surface area contributed by atoms with Crippen LogP contribution in [0.15, 0.2) is 12.4 Å². The van der Waals surface area contributed by atoms with Crippen molar-refractivity contribution < 1.29 is 4.79 Å². The van der Waals surface area contributed by atoms with E-state index in [9.17, 15) is 4.79 Å². The van der Waals surface area contributed by atoms with Gasteiger partial charge in [0.15, 0.2) is 0 Å². The summed E-state index contributed by atoms with van der Waals surface area (Å²) in [4.78, 5) is 22.3. The Bertz CT molecular complexity index is 402. The van der Waals surface area contributed by atoms with Crippen molar-refractivity contribution in [1.82, 2.24) is 14.9 Å². The summed E-state index contributed by atoms with van der Waals surface area (Å²) in [7, 11) is 1.80. The summed E-state index contributed by atoms with van der Waals surface area (Å²) < 4.78 is 0. The van der Waals surface area contributed by atoms with Gasteiger partial charge in [0.25, 0.3) is 5.91 Å². The summed E-state index contributed by atoms with van der Waals surface area (Å²) in [5, 5.41) is 3.13. The number of hydrogen-bond acceptors (Lipinski definition) is 4. The van der Waals surface area contributed by atoms with Crippen LogP contribution in [0.25, 0.3) is 0 Å². The molecule has 0 aliphatic rings. The highest BCUT2D eigenvalue weighted by Gasteiger charge is 2.20. The quantitative estimate of drug-likeness (QED) is 0.857. The smallest absolute Gasteiger partial charge is 0.274 e. The van der Waals surface area contributed by atoms with Gasteiger partial charge in [-0.25, -0.2) is 9.97 Å². The lowest BCUT2D eigenvalue weighted by atomic mass is 10.1. The van der Waals surface area contributed by atoms with E-state index in [0.29, 0.717) is 17.4 Å². The van der Waals surface area contributed by atoms with E-state index in [0.717, 1.165) is 13.0 Å². The lowest BCUT2D eigenvalue weighted by Crippen LogP contribution is -2.38. The monoisotopic (exact) mass is 264 g/mol. The molecule has 1 aromatic rings. The third kappa shape index (κ3) is 4.19. The molecular weight excluding hydrogens is 240 g/mol. The van der Waals surface area contributed by atoms with Gasteiger partial charge in [-0.05, 0) is 19.3 Å². The van der Waals surface area contributed by atoms with E-state index in [1.807, 2.05) is 6.92 Å². The first-order valence-electron chi connectivity index (χ1n) is 6.80. The SMILES string of the molecule is CCCNc1cnc(C(=O)N(C)C(C)C(C)C)cn1. The molecule has 1 rings (SSSR count). The standard InChI is InChI=1S/C14H24N4O/c1-6-7-15-13-9-16-12(8-17-13)14(19)18(5)11(4)10(2)3/h8-11H,6-7H2,1-5H3,(H,15,17). The Kier molecular flexibility index (Phi) is 5.73. The lowest BCUT2D eigenvalue weighted by Gasteiger charge is -2.27. The second-order valence-corrected chi connectivity index (χ2v) is 5.11. The van der Waals surface area contributed by atoms with Gasteiger partial charge in [-0.15, -0.1) is 0 Å². The predicted octanol–water partition coefficient (Wildman–Crippen LogP) is 2.42. The molecule has 19 heavy (non-hydrogen) atoms. The predicted molar refractivity (Wildman–Crippen MR) is 77.2 cm³/mol. The van der Waals surface area contributed by atoms with Gasteiger partial charge >= 0.3 is 0 Å². The van der Waals surface area contributed by atoms with Crippen LogP contribution in [0.5, 0.6) is 0 Å². The van der Waals surface area contributed by atoms with Crippen LogP contribution < -0.4 is 5.32 Å². The first-order chi connectivity index (χ1) is 8.97. The third-order valence-corrected chi connectivity index (χ3v) is 3.32. The minimum Gasteiger partial charge on any atom is -0.369 e. The Morgan fingerprint density at radius 2 is 2.00 bits per heavy atom. The van der Waals surface area contributed by atoms with Crippen molar-refractivity contribution in [3.63, 3.8) is 0 Å². The second kappa shape index (κ2) is 7.07. The largest absolute Gasteiger partial charge is 0.369 e. The van der Waals surface area contributed by atoms with Crippen molar-refractivity contribution in [2.24, 2.45) is 5.92 Å². The molecule has 1 amide bonds. The molecular formula is C14H24N4O. The summed E-state index contributed by atoms with van der Waals surface area (Å²) in [5.74, 6) is 1.03. The summed E-state index contributed by atoms with van der Waals surface area (Å²) in [6.07, 6.45) is 4.16. The topological polar surface area (TPSA) is 58.1 Å². The molecule has 1 N–H and O–H groups in total. The highest BCUT2D eigenvalue weighted by Crippen LogP contribution is 2.11. The van der Waals surface area contributed by atoms with Crippen LogP contribution in [0.1, 0.15) is 44.6 Å². The van der Waals surface area contributed by atoms with Gasteiger partial charge in [-0.1, -0.05) is 20.8 Å². The van der Waals surface area contributed by atoms with Gasteiger partial charge in [0.2, 0.25) is 0 Å². The van der Waals surface area contributed by atoms with E-state index < -0.39 is 0 Å². The van der Waals surface area contributed by atoms with E-state index in [4.69, 9.17) is 0 Å². The number of nitrogens with one attached hydrogen (secondary N) is 1. The fourth-order valence-corrected chi connectivity index (χ4v) is 1.60. The van der Waals surface area contributed by atoms with Gasteiger partial charge in [0, 0.05) is 19.6 Å². The summed E-state index contributed by atoms with van der Waals surface area (Å²) >= 11 is 0. The van der Waals surface area contributed by atoms with Gasteiger partial charge in [0.05, 0.1) is 12.4 Å². The fourth-order valence-electron chi connectivity index (χ4n) is 1.60. The van der Waals surface area contributed by atoms with E-state index >= 15 is 0 Å². The molecule has 0 aromatic carbocycles. The Hall–Kier alpha value is -1.65. The lowest BCUT2D eigenvalue weighted by molar-refractivity contribution is 0.0700. The Balaban J connectivity index is 2.72. The van der Waals surface area contributed by atoms with Crippen molar-refractivity contribution in [1.29, 1.82) is 0 Å². The molecule has 1 unspecified atom stereocenters. The number of rotatable bonds is 6. The number of hydrogen-bond donors (Lipinski definition) is 1. The first kappa shape index (κ1) is 15.4. The van der Waals surface area contributed by atoms with Crippen molar-refractivity contribution in [3.8, 4) is 0 Å². The van der Waals surface area contributed by atoms with Crippen LogP contribution in [0.4, 0.5) is 5.82 Å². The summed E-state index contributed by atoms with van der Waals surface area (Å²) in [5.41, 5.74) is 0.386. The molecule has 106 valence electrons. The molecule has 5 nitrogen and oxygen atoms in total. The minimum absolute atomic E-state index is 0.0873. The Morgan fingerprint density at radius 1 is 1.32 bits per heavy atom. The minimum atomic E-state index is -0.0873. The van der Waals surface area contributed by atoms with Crippen LogP contribution in [-0.2, 0) is 0 Å². The Labute approximate surface area is 115 Å². The maximum absolute atomic E-state index is 12.2. The van der Waals surface area contributed by atoms with E-state index in [2.05, 4.69) is 36.1 Å². The van der Waals surface area contributed by atoms with Gasteiger partial charge in [-0.2, -0.15) is 0 Å². The van der Waals surface area contributed by atoms with E-state index in [1.54, 1.807) is 18.1 Å². The number of carbonyl (C=O) groups is 1. The maximum atomic E-state index is 12.2. The second-order valence-electron chi connectivity index (χ2n) is 5.11. The van der Waals surface area contributed by atoms with E-state index in [1.165, 1.54) is 6.20 Å². The zero-order chi connectivity index (χ0) is 14.4. The van der Waals surface area contributed by atoms with Crippen LogP contribution in [0.3, 0.4) is 0 Å². The van der Waals surface area contributed by atoms with Crippen LogP contribution in [-0.4, -0.2) is 40.4 Å². The molecule has 1 aromatic heterocycles. The summed E-state index contributed by atoms with van der Waals surface area (Å²) in [6.45, 7) is 9.16. The van der Waals surface area contributed by atoms with Crippen molar-refractivity contribution in [2.75, 3.05) is 18.9 Å². The summed E-state index contributed by atoms with van der Waals surface area (Å²) in [6, 6.07) is 0.173. The number of carbonyl (C=O) groups excluding carboxylic acids is 1. The van der Waals surface area contributed by atoms with Crippen molar-refractivity contribution in [2.45, 2.75) is 40.2 Å².